The molecule has 0 saturated heterocycles. The number of amides is 2. The second-order valence-electron chi connectivity index (χ2n) is 8.73. The van der Waals surface area contributed by atoms with Crippen molar-refractivity contribution in [1.29, 1.82) is 0 Å². The molecule has 2 rings (SSSR count). The van der Waals surface area contributed by atoms with Crippen LogP contribution >= 0.6 is 0 Å². The van der Waals surface area contributed by atoms with Crippen LogP contribution in [-0.2, 0) is 32.0 Å². The standard InChI is InChI=1S/C27H34N2O6/c1-5-33-24(30)15-11-7-10-14-21-16-17-22(18-23(21)29-26(32)35-27(2,3)4)28-25(31)34-19-20-12-8-6-9-13-20/h6,8-9,11-13,15-18H,5,7,10,14,19H2,1-4H3,(H,28,31)(H,29,32). The van der Waals surface area contributed by atoms with E-state index in [0.717, 1.165) is 17.5 Å². The van der Waals surface area contributed by atoms with Crippen LogP contribution in [0.4, 0.5) is 21.0 Å². The van der Waals surface area contributed by atoms with Gasteiger partial charge in [0.2, 0.25) is 0 Å². The summed E-state index contributed by atoms with van der Waals surface area (Å²) in [5.74, 6) is -0.366. The van der Waals surface area contributed by atoms with E-state index >= 15 is 0 Å². The number of carbonyl (C=O) groups is 3. The highest BCUT2D eigenvalue weighted by molar-refractivity contribution is 5.90. The Bertz CT molecular complexity index is 1010. The van der Waals surface area contributed by atoms with E-state index in [0.29, 0.717) is 30.8 Å². The molecule has 0 spiro atoms. The summed E-state index contributed by atoms with van der Waals surface area (Å²) in [6, 6.07) is 14.6. The number of carbonyl (C=O) groups excluding carboxylic acids is 3. The van der Waals surface area contributed by atoms with Crippen molar-refractivity contribution in [1.82, 2.24) is 0 Å². The van der Waals surface area contributed by atoms with Crippen LogP contribution in [0, 0.1) is 0 Å². The molecular weight excluding hydrogens is 448 g/mol. The lowest BCUT2D eigenvalue weighted by atomic mass is 10.0. The third-order valence-electron chi connectivity index (χ3n) is 4.56. The molecule has 2 aromatic rings. The fourth-order valence-corrected chi connectivity index (χ4v) is 3.06. The second kappa shape index (κ2) is 13.8. The van der Waals surface area contributed by atoms with Gasteiger partial charge < -0.3 is 14.2 Å². The van der Waals surface area contributed by atoms with Crippen molar-refractivity contribution in [3.05, 3.63) is 71.8 Å². The van der Waals surface area contributed by atoms with Crippen LogP contribution in [0.3, 0.4) is 0 Å². The maximum Gasteiger partial charge on any atom is 0.412 e. The van der Waals surface area contributed by atoms with Crippen LogP contribution in [0.1, 0.15) is 51.7 Å². The van der Waals surface area contributed by atoms with Crippen molar-refractivity contribution in [2.24, 2.45) is 0 Å². The molecule has 0 radical (unpaired) electrons. The third kappa shape index (κ3) is 11.2. The maximum absolute atomic E-state index is 12.4. The Balaban J connectivity index is 2.04. The lowest BCUT2D eigenvalue weighted by Gasteiger charge is -2.21. The second-order valence-corrected chi connectivity index (χ2v) is 8.73. The molecular formula is C27H34N2O6. The van der Waals surface area contributed by atoms with E-state index in [2.05, 4.69) is 10.6 Å². The topological polar surface area (TPSA) is 103 Å². The molecule has 2 amide bonds. The van der Waals surface area contributed by atoms with Gasteiger partial charge in [-0.05, 0) is 70.2 Å². The van der Waals surface area contributed by atoms with E-state index in [-0.39, 0.29) is 12.6 Å². The summed E-state index contributed by atoms with van der Waals surface area (Å²) >= 11 is 0. The monoisotopic (exact) mass is 482 g/mol. The zero-order valence-electron chi connectivity index (χ0n) is 20.8. The van der Waals surface area contributed by atoms with E-state index in [9.17, 15) is 14.4 Å². The molecule has 8 nitrogen and oxygen atoms in total. The Morgan fingerprint density at radius 3 is 2.37 bits per heavy atom. The average Bonchev–Trinajstić information content (AvgIpc) is 2.78. The maximum atomic E-state index is 12.4. The minimum atomic E-state index is -0.654. The first kappa shape index (κ1) is 27.4. The first-order valence-corrected chi connectivity index (χ1v) is 11.6. The number of esters is 1. The van der Waals surface area contributed by atoms with Gasteiger partial charge in [0, 0.05) is 17.5 Å². The molecule has 8 heteroatoms. The number of aryl methyl sites for hydroxylation is 1. The first-order chi connectivity index (χ1) is 16.7. The highest BCUT2D eigenvalue weighted by atomic mass is 16.6. The van der Waals surface area contributed by atoms with Crippen molar-refractivity contribution in [3.63, 3.8) is 0 Å². The van der Waals surface area contributed by atoms with Crippen molar-refractivity contribution in [2.45, 2.75) is 59.2 Å². The molecule has 0 atom stereocenters. The molecule has 0 unspecified atom stereocenters. The Morgan fingerprint density at radius 2 is 1.69 bits per heavy atom. The molecule has 0 fully saturated rings. The lowest BCUT2D eigenvalue weighted by Crippen LogP contribution is -2.27. The third-order valence-corrected chi connectivity index (χ3v) is 4.56. The fraction of sp³-hybridized carbons (Fsp3) is 0.370. The van der Waals surface area contributed by atoms with Gasteiger partial charge in [-0.3, -0.25) is 10.6 Å². The number of anilines is 2. The van der Waals surface area contributed by atoms with Gasteiger partial charge >= 0.3 is 18.2 Å². The van der Waals surface area contributed by atoms with Crippen molar-refractivity contribution in [3.8, 4) is 0 Å². The van der Waals surface area contributed by atoms with E-state index in [1.54, 1.807) is 45.9 Å². The molecule has 0 aliphatic carbocycles. The van der Waals surface area contributed by atoms with Crippen LogP contribution in [0.5, 0.6) is 0 Å². The number of nitrogens with one attached hydrogen (secondary N) is 2. The largest absolute Gasteiger partial charge is 0.463 e. The number of hydrogen-bond acceptors (Lipinski definition) is 6. The van der Waals surface area contributed by atoms with Crippen LogP contribution < -0.4 is 10.6 Å². The lowest BCUT2D eigenvalue weighted by molar-refractivity contribution is -0.137. The highest BCUT2D eigenvalue weighted by Crippen LogP contribution is 2.24. The normalized spacial score (nSPS) is 11.1. The van der Waals surface area contributed by atoms with Gasteiger partial charge in [-0.25, -0.2) is 14.4 Å². The summed E-state index contributed by atoms with van der Waals surface area (Å²) in [4.78, 5) is 36.0. The summed E-state index contributed by atoms with van der Waals surface area (Å²) < 4.78 is 15.5. The number of allylic oxidation sites excluding steroid dienone is 1. The SMILES string of the molecule is CCOC(=O)C=CCCCc1ccc(NC(=O)OCc2ccccc2)cc1NC(=O)OC(C)(C)C. The predicted octanol–water partition coefficient (Wildman–Crippen LogP) is 6.22. The minimum Gasteiger partial charge on any atom is -0.463 e. The number of hydrogen-bond donors (Lipinski definition) is 2. The average molecular weight is 483 g/mol. The Morgan fingerprint density at radius 1 is 0.943 bits per heavy atom. The number of benzene rings is 2. The van der Waals surface area contributed by atoms with Crippen molar-refractivity contribution >= 4 is 29.5 Å². The van der Waals surface area contributed by atoms with E-state index < -0.39 is 17.8 Å². The summed E-state index contributed by atoms with van der Waals surface area (Å²) in [6.07, 6.45) is 4.02. The van der Waals surface area contributed by atoms with Gasteiger partial charge in [0.1, 0.15) is 12.2 Å². The first-order valence-electron chi connectivity index (χ1n) is 11.6. The summed E-state index contributed by atoms with van der Waals surface area (Å²) in [6.45, 7) is 7.58. The zero-order valence-corrected chi connectivity index (χ0v) is 20.8. The molecule has 0 aliphatic rings. The van der Waals surface area contributed by atoms with Crippen LogP contribution in [-0.4, -0.2) is 30.4 Å². The predicted molar refractivity (Wildman–Crippen MR) is 135 cm³/mol. The summed E-state index contributed by atoms with van der Waals surface area (Å²) in [7, 11) is 0. The fourth-order valence-electron chi connectivity index (χ4n) is 3.06. The Labute approximate surface area is 206 Å². The number of unbranched alkanes of at least 4 members (excludes halogenated alkanes) is 1. The number of rotatable bonds is 10. The molecule has 188 valence electrons. The van der Waals surface area contributed by atoms with E-state index in [1.807, 2.05) is 36.4 Å². The molecule has 2 N–H and O–H groups in total. The van der Waals surface area contributed by atoms with Gasteiger partial charge in [0.25, 0.3) is 0 Å². The van der Waals surface area contributed by atoms with Gasteiger partial charge in [-0.2, -0.15) is 0 Å². The van der Waals surface area contributed by atoms with Gasteiger partial charge in [-0.1, -0.05) is 42.5 Å². The Hall–Kier alpha value is -3.81. The zero-order chi connectivity index (χ0) is 25.7. The Kier molecular flexibility index (Phi) is 10.8. The summed E-state index contributed by atoms with van der Waals surface area (Å²) in [5.41, 5.74) is 2.08. The molecule has 0 heterocycles. The number of ether oxygens (including phenoxy) is 3. The summed E-state index contributed by atoms with van der Waals surface area (Å²) in [5, 5.41) is 5.46. The van der Waals surface area contributed by atoms with Gasteiger partial charge in [0.15, 0.2) is 0 Å². The van der Waals surface area contributed by atoms with Crippen LogP contribution in [0.2, 0.25) is 0 Å². The smallest absolute Gasteiger partial charge is 0.412 e. The quantitative estimate of drug-likeness (QED) is 0.180. The van der Waals surface area contributed by atoms with Crippen LogP contribution in [0.15, 0.2) is 60.7 Å². The molecule has 2 aromatic carbocycles. The van der Waals surface area contributed by atoms with Crippen molar-refractivity contribution < 1.29 is 28.6 Å². The molecule has 0 aliphatic heterocycles. The highest BCUT2D eigenvalue weighted by Gasteiger charge is 2.18. The van der Waals surface area contributed by atoms with Crippen LogP contribution in [0.25, 0.3) is 0 Å². The van der Waals surface area contributed by atoms with Gasteiger partial charge in [0.05, 0.1) is 6.61 Å². The molecule has 0 saturated carbocycles. The molecule has 35 heavy (non-hydrogen) atoms. The minimum absolute atomic E-state index is 0.146. The molecule has 0 bridgehead atoms. The molecule has 0 aromatic heterocycles. The van der Waals surface area contributed by atoms with E-state index in [1.165, 1.54) is 6.08 Å². The van der Waals surface area contributed by atoms with Crippen molar-refractivity contribution in [2.75, 3.05) is 17.2 Å². The van der Waals surface area contributed by atoms with E-state index in [4.69, 9.17) is 14.2 Å². The van der Waals surface area contributed by atoms with Gasteiger partial charge in [-0.15, -0.1) is 0 Å².